The Hall–Kier alpha value is -4.21. The van der Waals surface area contributed by atoms with E-state index in [9.17, 15) is 23.5 Å². The predicted octanol–water partition coefficient (Wildman–Crippen LogP) is 4.02. The van der Waals surface area contributed by atoms with Crippen LogP contribution in [-0.2, 0) is 6.54 Å². The van der Waals surface area contributed by atoms with Gasteiger partial charge in [0.15, 0.2) is 5.43 Å². The molecule has 5 rings (SSSR count). The third-order valence-corrected chi connectivity index (χ3v) is 5.96. The fourth-order valence-electron chi connectivity index (χ4n) is 4.39. The van der Waals surface area contributed by atoms with Crippen LogP contribution in [0.4, 0.5) is 8.78 Å². The summed E-state index contributed by atoms with van der Waals surface area (Å²) in [5.74, 6) is -2.38. The van der Waals surface area contributed by atoms with Crippen LogP contribution >= 0.6 is 0 Å². The van der Waals surface area contributed by atoms with Crippen molar-refractivity contribution in [2.24, 2.45) is 5.92 Å². The highest BCUT2D eigenvalue weighted by atomic mass is 19.1. The molecule has 34 heavy (non-hydrogen) atoms. The molecule has 10 heteroatoms. The number of rotatable bonds is 4. The molecule has 0 amide bonds. The summed E-state index contributed by atoms with van der Waals surface area (Å²) in [6.45, 7) is 4.33. The van der Waals surface area contributed by atoms with Gasteiger partial charge < -0.3 is 9.67 Å². The average Bonchev–Trinajstić information content (AvgIpc) is 3.17. The summed E-state index contributed by atoms with van der Waals surface area (Å²) >= 11 is 0. The van der Waals surface area contributed by atoms with E-state index in [0.717, 1.165) is 12.4 Å². The quantitative estimate of drug-likeness (QED) is 0.490. The number of aromatic carboxylic acids is 1. The smallest absolute Gasteiger partial charge is 0.341 e. The zero-order valence-electron chi connectivity index (χ0n) is 18.2. The molecule has 0 saturated carbocycles. The number of hydrogen-bond donors (Lipinski definition) is 1. The Morgan fingerprint density at radius 2 is 1.71 bits per heavy atom. The zero-order chi connectivity index (χ0) is 24.1. The third-order valence-electron chi connectivity index (χ3n) is 5.96. The van der Waals surface area contributed by atoms with Gasteiger partial charge in [0, 0.05) is 41.3 Å². The van der Waals surface area contributed by atoms with Gasteiger partial charge in [0.25, 0.3) is 0 Å². The highest BCUT2D eigenvalue weighted by Crippen LogP contribution is 2.43. The topological polar surface area (TPSA) is 103 Å². The lowest BCUT2D eigenvalue weighted by Crippen LogP contribution is -2.31. The first kappa shape index (κ1) is 21.6. The van der Waals surface area contributed by atoms with Gasteiger partial charge in [-0.3, -0.25) is 19.4 Å². The maximum absolute atomic E-state index is 14.2. The molecule has 172 valence electrons. The van der Waals surface area contributed by atoms with Crippen LogP contribution in [0.1, 0.15) is 30.2 Å². The molecule has 8 nitrogen and oxygen atoms in total. The van der Waals surface area contributed by atoms with Gasteiger partial charge in [-0.15, -0.1) is 0 Å². The summed E-state index contributed by atoms with van der Waals surface area (Å²) in [7, 11) is 0. The lowest BCUT2D eigenvalue weighted by Gasteiger charge is -2.32. The summed E-state index contributed by atoms with van der Waals surface area (Å²) in [6.07, 6.45) is 6.39. The van der Waals surface area contributed by atoms with Crippen LogP contribution in [0.25, 0.3) is 33.8 Å². The Morgan fingerprint density at radius 3 is 2.32 bits per heavy atom. The summed E-state index contributed by atoms with van der Waals surface area (Å²) in [5, 5.41) is 14.2. The molecule has 1 N–H and O–H groups in total. The first-order chi connectivity index (χ1) is 16.2. The van der Waals surface area contributed by atoms with Gasteiger partial charge in [-0.2, -0.15) is 5.10 Å². The number of aromatic nitrogens is 5. The van der Waals surface area contributed by atoms with Crippen molar-refractivity contribution in [3.63, 3.8) is 0 Å². The molecule has 4 aromatic heterocycles. The maximum atomic E-state index is 14.2. The van der Waals surface area contributed by atoms with Crippen molar-refractivity contribution in [1.29, 1.82) is 0 Å². The van der Waals surface area contributed by atoms with Crippen molar-refractivity contribution >= 4 is 5.97 Å². The van der Waals surface area contributed by atoms with Gasteiger partial charge >= 0.3 is 5.97 Å². The van der Waals surface area contributed by atoms with Gasteiger partial charge in [-0.25, -0.2) is 13.6 Å². The average molecular weight is 463 g/mol. The molecule has 0 aromatic carbocycles. The van der Waals surface area contributed by atoms with E-state index in [4.69, 9.17) is 5.10 Å². The summed E-state index contributed by atoms with van der Waals surface area (Å²) < 4.78 is 31.7. The number of halogens is 2. The standard InChI is InChI=1S/C24H19F2N5O3/c1-12(2)19-11-31-23(18-5-20(32)17(24(33)34)10-30(18)19)21(13-3-15(25)8-27-6-13)22(29-31)14-4-16(26)9-28-7-14/h3-10,12,19H,11H2,1-2H3,(H,33,34)/t19-/m0/s1. The minimum absolute atomic E-state index is 0.0684. The number of carboxylic acids is 1. The Bertz CT molecular complexity index is 1510. The fraction of sp³-hybridized carbons (Fsp3) is 0.208. The lowest BCUT2D eigenvalue weighted by atomic mass is 9.95. The van der Waals surface area contributed by atoms with E-state index < -0.39 is 23.0 Å². The van der Waals surface area contributed by atoms with E-state index in [-0.39, 0.29) is 17.5 Å². The molecule has 5 heterocycles. The first-order valence-corrected chi connectivity index (χ1v) is 10.6. The van der Waals surface area contributed by atoms with Crippen molar-refractivity contribution in [3.8, 4) is 33.8 Å². The molecule has 0 saturated heterocycles. The van der Waals surface area contributed by atoms with Crippen LogP contribution in [0.5, 0.6) is 0 Å². The van der Waals surface area contributed by atoms with E-state index in [1.807, 2.05) is 13.8 Å². The second-order valence-corrected chi connectivity index (χ2v) is 8.50. The van der Waals surface area contributed by atoms with E-state index in [0.29, 0.717) is 40.3 Å². The fourth-order valence-corrected chi connectivity index (χ4v) is 4.39. The van der Waals surface area contributed by atoms with E-state index >= 15 is 0 Å². The number of hydrogen-bond acceptors (Lipinski definition) is 5. The molecule has 0 unspecified atom stereocenters. The minimum atomic E-state index is -1.32. The lowest BCUT2D eigenvalue weighted by molar-refractivity contribution is 0.0694. The van der Waals surface area contributed by atoms with Crippen LogP contribution < -0.4 is 5.43 Å². The van der Waals surface area contributed by atoms with Gasteiger partial charge in [-0.1, -0.05) is 13.8 Å². The monoisotopic (exact) mass is 463 g/mol. The van der Waals surface area contributed by atoms with Crippen LogP contribution in [0.3, 0.4) is 0 Å². The summed E-state index contributed by atoms with van der Waals surface area (Å²) in [5.41, 5.74) is 1.46. The van der Waals surface area contributed by atoms with Crippen LogP contribution in [0.15, 0.2) is 54.0 Å². The zero-order valence-corrected chi connectivity index (χ0v) is 18.2. The molecule has 4 aromatic rings. The van der Waals surface area contributed by atoms with Gasteiger partial charge in [-0.05, 0) is 18.1 Å². The maximum Gasteiger partial charge on any atom is 0.341 e. The Labute approximate surface area is 192 Å². The van der Waals surface area contributed by atoms with Crippen LogP contribution in [0, 0.1) is 17.6 Å². The molecule has 1 aliphatic rings. The highest BCUT2D eigenvalue weighted by Gasteiger charge is 2.33. The molecule has 1 atom stereocenters. The van der Waals surface area contributed by atoms with Crippen molar-refractivity contribution in [2.75, 3.05) is 0 Å². The molecular weight excluding hydrogens is 444 g/mol. The molecule has 0 bridgehead atoms. The molecule has 0 fully saturated rings. The number of carboxylic acid groups (broad SMARTS) is 1. The van der Waals surface area contributed by atoms with E-state index in [1.54, 1.807) is 9.25 Å². The van der Waals surface area contributed by atoms with Crippen molar-refractivity contribution in [2.45, 2.75) is 26.4 Å². The van der Waals surface area contributed by atoms with Crippen molar-refractivity contribution in [3.05, 3.63) is 76.6 Å². The largest absolute Gasteiger partial charge is 0.477 e. The SMILES string of the molecule is CC(C)[C@@H]1Cn2nc(-c3cncc(F)c3)c(-c3cncc(F)c3)c2-c2cc(=O)c(C(=O)O)cn21. The van der Waals surface area contributed by atoms with Gasteiger partial charge in [0.1, 0.15) is 22.9 Å². The summed E-state index contributed by atoms with van der Waals surface area (Å²) in [6, 6.07) is 3.61. The molecule has 0 spiro atoms. The number of nitrogens with zero attached hydrogens (tertiary/aromatic N) is 5. The number of pyridine rings is 3. The molecule has 0 radical (unpaired) electrons. The summed E-state index contributed by atoms with van der Waals surface area (Å²) in [4.78, 5) is 32.2. The van der Waals surface area contributed by atoms with E-state index in [2.05, 4.69) is 9.97 Å². The van der Waals surface area contributed by atoms with Crippen molar-refractivity contribution < 1.29 is 18.7 Å². The normalized spacial score (nSPS) is 14.7. The number of carbonyl (C=O) groups is 1. The second-order valence-electron chi connectivity index (χ2n) is 8.50. The Kier molecular flexibility index (Phi) is 5.07. The van der Waals surface area contributed by atoms with Crippen LogP contribution in [0.2, 0.25) is 0 Å². The van der Waals surface area contributed by atoms with Crippen molar-refractivity contribution in [1.82, 2.24) is 24.3 Å². The molecular formula is C24H19F2N5O3. The van der Waals surface area contributed by atoms with Gasteiger partial charge in [0.05, 0.1) is 36.4 Å². The highest BCUT2D eigenvalue weighted by molar-refractivity contribution is 5.92. The third kappa shape index (κ3) is 3.47. The van der Waals surface area contributed by atoms with E-state index in [1.165, 1.54) is 36.8 Å². The Morgan fingerprint density at radius 1 is 1.06 bits per heavy atom. The van der Waals surface area contributed by atoms with Gasteiger partial charge in [0.2, 0.25) is 0 Å². The first-order valence-electron chi connectivity index (χ1n) is 10.6. The predicted molar refractivity (Wildman–Crippen MR) is 119 cm³/mol. The van der Waals surface area contributed by atoms with Crippen LogP contribution in [-0.4, -0.2) is 35.4 Å². The number of fused-ring (bicyclic) bond motifs is 3. The second kappa shape index (κ2) is 7.98. The molecule has 0 aliphatic carbocycles. The Balaban J connectivity index is 1.88. The molecule has 1 aliphatic heterocycles. The minimum Gasteiger partial charge on any atom is -0.477 e.